The maximum atomic E-state index is 13.4. The van der Waals surface area contributed by atoms with E-state index in [-0.39, 0.29) is 17.3 Å². The van der Waals surface area contributed by atoms with Gasteiger partial charge in [0.2, 0.25) is 5.95 Å². The third-order valence-corrected chi connectivity index (χ3v) is 5.64. The van der Waals surface area contributed by atoms with E-state index in [0.29, 0.717) is 21.4 Å². The van der Waals surface area contributed by atoms with Crippen molar-refractivity contribution in [1.82, 2.24) is 25.1 Å². The number of sulfonamides is 1. The molecular formula is C18H19N7O5S. The van der Waals surface area contributed by atoms with E-state index in [2.05, 4.69) is 35.2 Å². The van der Waals surface area contributed by atoms with Crippen molar-refractivity contribution in [1.29, 1.82) is 0 Å². The molecule has 0 unspecified atom stereocenters. The van der Waals surface area contributed by atoms with E-state index in [0.717, 1.165) is 13.3 Å². The van der Waals surface area contributed by atoms with Crippen LogP contribution >= 0.6 is 0 Å². The molecule has 0 atom stereocenters. The molecule has 12 nitrogen and oxygen atoms in total. The highest BCUT2D eigenvalue weighted by molar-refractivity contribution is 7.93. The number of urea groups is 1. The van der Waals surface area contributed by atoms with Crippen LogP contribution in [0.5, 0.6) is 0 Å². The number of pyridine rings is 1. The number of carbonyl (C=O) groups excluding carboxylic acids is 2. The number of hydrogen-bond acceptors (Lipinski definition) is 9. The van der Waals surface area contributed by atoms with E-state index in [9.17, 15) is 18.0 Å². The molecule has 2 N–H and O–H groups in total. The second-order valence-corrected chi connectivity index (χ2v) is 8.14. The van der Waals surface area contributed by atoms with Crippen LogP contribution in [0.1, 0.15) is 27.4 Å². The van der Waals surface area contributed by atoms with Gasteiger partial charge in [0, 0.05) is 17.1 Å². The number of esters is 1. The molecule has 0 bridgehead atoms. The van der Waals surface area contributed by atoms with Gasteiger partial charge in [-0.05, 0) is 39.0 Å². The topological polar surface area (TPSA) is 160 Å². The number of aryl methyl sites for hydroxylation is 3. The average molecular weight is 445 g/mol. The molecule has 0 aliphatic heterocycles. The molecule has 0 aliphatic rings. The van der Waals surface area contributed by atoms with E-state index in [1.54, 1.807) is 32.9 Å². The number of nitrogens with zero attached hydrogens (tertiary/aromatic N) is 5. The summed E-state index contributed by atoms with van der Waals surface area (Å²) in [4.78, 5) is 37.4. The molecule has 0 aromatic carbocycles. The van der Waals surface area contributed by atoms with Crippen molar-refractivity contribution in [3.63, 3.8) is 0 Å². The summed E-state index contributed by atoms with van der Waals surface area (Å²) in [6.07, 6.45) is 0.992. The highest BCUT2D eigenvalue weighted by Gasteiger charge is 2.37. The molecule has 13 heteroatoms. The Labute approximate surface area is 177 Å². The molecular weight excluding hydrogens is 426 g/mol. The van der Waals surface area contributed by atoms with Crippen molar-refractivity contribution >= 4 is 33.8 Å². The first-order valence-electron chi connectivity index (χ1n) is 8.87. The van der Waals surface area contributed by atoms with Gasteiger partial charge in [-0.25, -0.2) is 24.5 Å². The maximum Gasteiger partial charge on any atom is 0.344 e. The van der Waals surface area contributed by atoms with Crippen LogP contribution in [0.15, 0.2) is 35.5 Å². The number of H-pyrrole nitrogens is 1. The summed E-state index contributed by atoms with van der Waals surface area (Å²) in [6.45, 7) is 5.04. The minimum absolute atomic E-state index is 0.0897. The third kappa shape index (κ3) is 4.50. The monoisotopic (exact) mass is 445 g/mol. The number of aromatic amines is 1. The lowest BCUT2D eigenvalue weighted by Crippen LogP contribution is -2.41. The number of amides is 2. The Kier molecular flexibility index (Phi) is 5.97. The predicted octanol–water partition coefficient (Wildman–Crippen LogP) is 1.73. The van der Waals surface area contributed by atoms with Crippen LogP contribution in [0.2, 0.25) is 0 Å². The van der Waals surface area contributed by atoms with Crippen LogP contribution < -0.4 is 9.62 Å². The zero-order valence-electron chi connectivity index (χ0n) is 17.1. The fourth-order valence-electron chi connectivity index (χ4n) is 2.72. The zero-order chi connectivity index (χ0) is 22.8. The Morgan fingerprint density at radius 2 is 1.74 bits per heavy atom. The molecule has 0 spiro atoms. The standard InChI is InChI=1S/C18H19N7O5S/c1-10-6-5-7-14(20-10)25(18(27)23-17-21-11(2)8-12(3)22-17)31(28,29)15-13(9-19-24-15)16(26)30-4/h5-9H,1-4H3,(H,19,24)(H,21,22,23,27). The van der Waals surface area contributed by atoms with Crippen LogP contribution in [0.3, 0.4) is 0 Å². The highest BCUT2D eigenvalue weighted by atomic mass is 32.2. The zero-order valence-corrected chi connectivity index (χ0v) is 17.9. The normalized spacial score (nSPS) is 11.1. The molecule has 2 amide bonds. The summed E-state index contributed by atoms with van der Waals surface area (Å²) < 4.78 is 31.8. The van der Waals surface area contributed by atoms with E-state index in [1.807, 2.05) is 0 Å². The second-order valence-electron chi connectivity index (χ2n) is 6.42. The number of carbonyl (C=O) groups is 2. The van der Waals surface area contributed by atoms with Crippen LogP contribution in [-0.2, 0) is 14.8 Å². The third-order valence-electron chi connectivity index (χ3n) is 3.98. The van der Waals surface area contributed by atoms with Gasteiger partial charge in [-0.1, -0.05) is 6.07 Å². The SMILES string of the molecule is COC(=O)c1cn[nH]c1S(=O)(=O)N(C(=O)Nc1nc(C)cc(C)n1)c1cccc(C)n1. The summed E-state index contributed by atoms with van der Waals surface area (Å²) in [5, 5.41) is 7.59. The van der Waals surface area contributed by atoms with Crippen molar-refractivity contribution in [2.24, 2.45) is 0 Å². The number of anilines is 2. The maximum absolute atomic E-state index is 13.4. The first-order chi connectivity index (χ1) is 14.6. The lowest BCUT2D eigenvalue weighted by Gasteiger charge is -2.21. The van der Waals surface area contributed by atoms with Gasteiger partial charge in [0.25, 0.3) is 10.0 Å². The molecule has 162 valence electrons. The smallest absolute Gasteiger partial charge is 0.344 e. The average Bonchev–Trinajstić information content (AvgIpc) is 3.17. The summed E-state index contributed by atoms with van der Waals surface area (Å²) in [5.41, 5.74) is 1.25. The Bertz CT molecular complexity index is 1240. The van der Waals surface area contributed by atoms with E-state index < -0.39 is 27.0 Å². The molecule has 3 heterocycles. The van der Waals surface area contributed by atoms with Gasteiger partial charge in [-0.2, -0.15) is 17.8 Å². The van der Waals surface area contributed by atoms with Gasteiger partial charge in [-0.15, -0.1) is 0 Å². The molecule has 3 aromatic heterocycles. The van der Waals surface area contributed by atoms with Crippen molar-refractivity contribution in [3.8, 4) is 0 Å². The minimum atomic E-state index is -4.67. The van der Waals surface area contributed by atoms with Gasteiger partial charge in [0.05, 0.1) is 13.3 Å². The van der Waals surface area contributed by atoms with Crippen molar-refractivity contribution in [3.05, 3.63) is 53.1 Å². The molecule has 0 fully saturated rings. The van der Waals surface area contributed by atoms with Crippen LogP contribution in [-0.4, -0.2) is 52.7 Å². The second kappa shape index (κ2) is 8.47. The Morgan fingerprint density at radius 1 is 1.06 bits per heavy atom. The number of rotatable bonds is 5. The molecule has 3 aromatic rings. The summed E-state index contributed by atoms with van der Waals surface area (Å²) >= 11 is 0. The molecule has 31 heavy (non-hydrogen) atoms. The summed E-state index contributed by atoms with van der Waals surface area (Å²) in [7, 11) is -3.58. The number of methoxy groups -OCH3 is 1. The van der Waals surface area contributed by atoms with E-state index in [1.165, 1.54) is 12.1 Å². The molecule has 0 saturated heterocycles. The van der Waals surface area contributed by atoms with Crippen molar-refractivity contribution < 1.29 is 22.7 Å². The fourth-order valence-corrected chi connectivity index (χ4v) is 4.10. The van der Waals surface area contributed by atoms with Gasteiger partial charge in [-0.3, -0.25) is 10.4 Å². The molecule has 0 aliphatic carbocycles. The van der Waals surface area contributed by atoms with Gasteiger partial charge in [0.15, 0.2) is 10.8 Å². The van der Waals surface area contributed by atoms with Crippen molar-refractivity contribution in [2.45, 2.75) is 25.8 Å². The lowest BCUT2D eigenvalue weighted by molar-refractivity contribution is 0.0596. The van der Waals surface area contributed by atoms with Crippen LogP contribution in [0.4, 0.5) is 16.6 Å². The first kappa shape index (κ1) is 21.8. The number of ether oxygens (including phenoxy) is 1. The lowest BCUT2D eigenvalue weighted by atomic mass is 10.3. The Hall–Kier alpha value is -3.87. The Morgan fingerprint density at radius 3 is 2.35 bits per heavy atom. The van der Waals surface area contributed by atoms with Gasteiger partial charge >= 0.3 is 12.0 Å². The van der Waals surface area contributed by atoms with E-state index in [4.69, 9.17) is 0 Å². The van der Waals surface area contributed by atoms with Crippen LogP contribution in [0.25, 0.3) is 0 Å². The Balaban J connectivity index is 2.12. The molecule has 3 rings (SSSR count). The number of hydrogen-bond donors (Lipinski definition) is 2. The largest absolute Gasteiger partial charge is 0.465 e. The molecule has 0 saturated carbocycles. The quantitative estimate of drug-likeness (QED) is 0.557. The van der Waals surface area contributed by atoms with Crippen molar-refractivity contribution in [2.75, 3.05) is 16.7 Å². The number of nitrogens with one attached hydrogen (secondary N) is 2. The first-order valence-corrected chi connectivity index (χ1v) is 10.3. The van der Waals surface area contributed by atoms with Gasteiger partial charge < -0.3 is 4.74 Å². The summed E-state index contributed by atoms with van der Waals surface area (Å²) in [6, 6.07) is 5.10. The van der Waals surface area contributed by atoms with Gasteiger partial charge in [0.1, 0.15) is 5.56 Å². The summed E-state index contributed by atoms with van der Waals surface area (Å²) in [5.74, 6) is -1.23. The molecule has 0 radical (unpaired) electrons. The predicted molar refractivity (Wildman–Crippen MR) is 109 cm³/mol. The number of aromatic nitrogens is 5. The van der Waals surface area contributed by atoms with Crippen LogP contribution in [0, 0.1) is 20.8 Å². The minimum Gasteiger partial charge on any atom is -0.465 e. The van der Waals surface area contributed by atoms with E-state index >= 15 is 0 Å². The fraction of sp³-hybridized carbons (Fsp3) is 0.222. The highest BCUT2D eigenvalue weighted by Crippen LogP contribution is 2.25.